The number of ether oxygens (including phenoxy) is 2. The van der Waals surface area contributed by atoms with Crippen LogP contribution in [0, 0.1) is 6.92 Å². The fourth-order valence-corrected chi connectivity index (χ4v) is 1.97. The monoisotopic (exact) mass is 300 g/mol. The standard InChI is InChI=1S/C17H16O5/c1-11-5-3-4-6-12(11)10-22-15-8-13(16(18)19)7-14(9-15)17(20)21-2/h3-9H,10H2,1-2H3,(H,18,19). The van der Waals surface area contributed by atoms with E-state index in [1.807, 2.05) is 31.2 Å². The van der Waals surface area contributed by atoms with Gasteiger partial charge in [0.25, 0.3) is 0 Å². The van der Waals surface area contributed by atoms with Crippen LogP contribution in [0.15, 0.2) is 42.5 Å². The molecule has 0 radical (unpaired) electrons. The van der Waals surface area contributed by atoms with E-state index in [2.05, 4.69) is 4.74 Å². The third kappa shape index (κ3) is 3.63. The second-order valence-corrected chi connectivity index (χ2v) is 4.76. The Morgan fingerprint density at radius 3 is 2.41 bits per heavy atom. The maximum atomic E-state index is 11.6. The number of carboxylic acid groups (broad SMARTS) is 1. The molecule has 22 heavy (non-hydrogen) atoms. The Balaban J connectivity index is 2.26. The van der Waals surface area contributed by atoms with Gasteiger partial charge >= 0.3 is 11.9 Å². The normalized spacial score (nSPS) is 10.1. The summed E-state index contributed by atoms with van der Waals surface area (Å²) >= 11 is 0. The summed E-state index contributed by atoms with van der Waals surface area (Å²) in [6, 6.07) is 11.8. The van der Waals surface area contributed by atoms with Crippen LogP contribution in [0.1, 0.15) is 31.8 Å². The number of carbonyl (C=O) groups is 2. The molecule has 0 bridgehead atoms. The van der Waals surface area contributed by atoms with Crippen molar-refractivity contribution in [2.45, 2.75) is 13.5 Å². The molecule has 0 spiro atoms. The van der Waals surface area contributed by atoms with E-state index in [4.69, 9.17) is 9.84 Å². The maximum Gasteiger partial charge on any atom is 0.338 e. The molecule has 0 unspecified atom stereocenters. The molecule has 2 aromatic carbocycles. The maximum absolute atomic E-state index is 11.6. The first kappa shape index (κ1) is 15.6. The Kier molecular flexibility index (Phi) is 4.78. The molecule has 0 fully saturated rings. The topological polar surface area (TPSA) is 72.8 Å². The SMILES string of the molecule is COC(=O)c1cc(OCc2ccccc2C)cc(C(=O)O)c1. The lowest BCUT2D eigenvalue weighted by atomic mass is 10.1. The van der Waals surface area contributed by atoms with Crippen molar-refractivity contribution in [3.05, 3.63) is 64.7 Å². The van der Waals surface area contributed by atoms with Gasteiger partial charge in [0.05, 0.1) is 18.2 Å². The number of esters is 1. The number of hydrogen-bond acceptors (Lipinski definition) is 4. The highest BCUT2D eigenvalue weighted by Gasteiger charge is 2.13. The van der Waals surface area contributed by atoms with Gasteiger partial charge in [0, 0.05) is 0 Å². The van der Waals surface area contributed by atoms with Crippen molar-refractivity contribution in [3.63, 3.8) is 0 Å². The van der Waals surface area contributed by atoms with Crippen LogP contribution in [0.4, 0.5) is 0 Å². The molecule has 0 aliphatic rings. The number of carbonyl (C=O) groups excluding carboxylic acids is 1. The molecule has 0 atom stereocenters. The van der Waals surface area contributed by atoms with E-state index in [1.54, 1.807) is 0 Å². The van der Waals surface area contributed by atoms with Crippen LogP contribution < -0.4 is 4.74 Å². The Morgan fingerprint density at radius 1 is 1.09 bits per heavy atom. The molecule has 0 saturated heterocycles. The van der Waals surface area contributed by atoms with Gasteiger partial charge in [-0.25, -0.2) is 9.59 Å². The van der Waals surface area contributed by atoms with E-state index in [0.717, 1.165) is 11.1 Å². The van der Waals surface area contributed by atoms with Crippen molar-refractivity contribution in [1.29, 1.82) is 0 Å². The lowest BCUT2D eigenvalue weighted by Gasteiger charge is -2.10. The molecule has 1 N–H and O–H groups in total. The molecule has 0 amide bonds. The van der Waals surface area contributed by atoms with Gasteiger partial charge in [0.15, 0.2) is 0 Å². The highest BCUT2D eigenvalue weighted by atomic mass is 16.5. The number of rotatable bonds is 5. The molecule has 0 aromatic heterocycles. The van der Waals surface area contributed by atoms with Gasteiger partial charge < -0.3 is 14.6 Å². The van der Waals surface area contributed by atoms with Crippen molar-refractivity contribution >= 4 is 11.9 Å². The smallest absolute Gasteiger partial charge is 0.338 e. The Morgan fingerprint density at radius 2 is 1.77 bits per heavy atom. The van der Waals surface area contributed by atoms with Crippen LogP contribution in [0.3, 0.4) is 0 Å². The second-order valence-electron chi connectivity index (χ2n) is 4.76. The van der Waals surface area contributed by atoms with Crippen molar-refractivity contribution in [3.8, 4) is 5.75 Å². The Labute approximate surface area is 128 Å². The number of benzene rings is 2. The summed E-state index contributed by atoms with van der Waals surface area (Å²) in [7, 11) is 1.24. The minimum atomic E-state index is -1.13. The van der Waals surface area contributed by atoms with Gasteiger partial charge in [0.2, 0.25) is 0 Å². The predicted molar refractivity (Wildman–Crippen MR) is 80.3 cm³/mol. The summed E-state index contributed by atoms with van der Waals surface area (Å²) < 4.78 is 10.2. The van der Waals surface area contributed by atoms with Crippen molar-refractivity contribution < 1.29 is 24.2 Å². The minimum absolute atomic E-state index is 0.0253. The number of carboxylic acids is 1. The molecule has 2 rings (SSSR count). The molecule has 5 nitrogen and oxygen atoms in total. The van der Waals surface area contributed by atoms with E-state index in [1.165, 1.54) is 25.3 Å². The summed E-state index contributed by atoms with van der Waals surface area (Å²) in [4.78, 5) is 22.7. The van der Waals surface area contributed by atoms with E-state index in [0.29, 0.717) is 5.75 Å². The largest absolute Gasteiger partial charge is 0.489 e. The minimum Gasteiger partial charge on any atom is -0.489 e. The van der Waals surface area contributed by atoms with Crippen LogP contribution in [0.5, 0.6) is 5.75 Å². The fraction of sp³-hybridized carbons (Fsp3) is 0.176. The summed E-state index contributed by atoms with van der Waals surface area (Å²) in [6.07, 6.45) is 0. The molecular weight excluding hydrogens is 284 g/mol. The first-order valence-electron chi connectivity index (χ1n) is 6.65. The number of aryl methyl sites for hydroxylation is 1. The molecule has 2 aromatic rings. The zero-order valence-electron chi connectivity index (χ0n) is 12.3. The van der Waals surface area contributed by atoms with Gasteiger partial charge in [-0.05, 0) is 36.2 Å². The number of hydrogen-bond donors (Lipinski definition) is 1. The Hall–Kier alpha value is -2.82. The highest BCUT2D eigenvalue weighted by Crippen LogP contribution is 2.20. The zero-order chi connectivity index (χ0) is 16.1. The first-order valence-corrected chi connectivity index (χ1v) is 6.65. The number of methoxy groups -OCH3 is 1. The quantitative estimate of drug-likeness (QED) is 0.859. The molecule has 114 valence electrons. The van der Waals surface area contributed by atoms with Crippen molar-refractivity contribution in [2.75, 3.05) is 7.11 Å². The lowest BCUT2D eigenvalue weighted by Crippen LogP contribution is -2.06. The summed E-state index contributed by atoms with van der Waals surface area (Å²) in [5.74, 6) is -1.43. The molecular formula is C17H16O5. The summed E-state index contributed by atoms with van der Waals surface area (Å²) in [6.45, 7) is 2.25. The zero-order valence-corrected chi connectivity index (χ0v) is 12.3. The molecule has 0 saturated carbocycles. The summed E-state index contributed by atoms with van der Waals surface area (Å²) in [5, 5.41) is 9.11. The number of aromatic carboxylic acids is 1. The van der Waals surface area contributed by atoms with E-state index in [-0.39, 0.29) is 17.7 Å². The van der Waals surface area contributed by atoms with E-state index in [9.17, 15) is 9.59 Å². The van der Waals surface area contributed by atoms with E-state index < -0.39 is 11.9 Å². The van der Waals surface area contributed by atoms with Gasteiger partial charge in [-0.1, -0.05) is 24.3 Å². The predicted octanol–water partition coefficient (Wildman–Crippen LogP) is 3.06. The summed E-state index contributed by atoms with van der Waals surface area (Å²) in [5.41, 5.74) is 2.18. The second kappa shape index (κ2) is 6.76. The molecule has 5 heteroatoms. The van der Waals surface area contributed by atoms with Crippen LogP contribution in [0.25, 0.3) is 0 Å². The van der Waals surface area contributed by atoms with Crippen LogP contribution in [-0.2, 0) is 11.3 Å². The fourth-order valence-electron chi connectivity index (χ4n) is 1.97. The molecule has 0 aliphatic heterocycles. The lowest BCUT2D eigenvalue weighted by molar-refractivity contribution is 0.0600. The Bertz CT molecular complexity index is 706. The van der Waals surface area contributed by atoms with Crippen LogP contribution in [-0.4, -0.2) is 24.2 Å². The third-order valence-electron chi connectivity index (χ3n) is 3.23. The van der Waals surface area contributed by atoms with Gasteiger partial charge in [0.1, 0.15) is 12.4 Å². The van der Waals surface area contributed by atoms with Gasteiger partial charge in [-0.3, -0.25) is 0 Å². The van der Waals surface area contributed by atoms with Crippen molar-refractivity contribution in [2.24, 2.45) is 0 Å². The average molecular weight is 300 g/mol. The average Bonchev–Trinajstić information content (AvgIpc) is 2.53. The van der Waals surface area contributed by atoms with Gasteiger partial charge in [-0.2, -0.15) is 0 Å². The first-order chi connectivity index (χ1) is 10.5. The van der Waals surface area contributed by atoms with Crippen molar-refractivity contribution in [1.82, 2.24) is 0 Å². The molecule has 0 heterocycles. The molecule has 0 aliphatic carbocycles. The van der Waals surface area contributed by atoms with E-state index >= 15 is 0 Å². The van der Waals surface area contributed by atoms with Gasteiger partial charge in [-0.15, -0.1) is 0 Å². The highest BCUT2D eigenvalue weighted by molar-refractivity contribution is 5.95. The van der Waals surface area contributed by atoms with Crippen LogP contribution in [0.2, 0.25) is 0 Å². The van der Waals surface area contributed by atoms with Crippen LogP contribution >= 0.6 is 0 Å². The third-order valence-corrected chi connectivity index (χ3v) is 3.23.